The Bertz CT molecular complexity index is 1040. The van der Waals surface area contributed by atoms with Gasteiger partial charge in [-0.15, -0.1) is 0 Å². The van der Waals surface area contributed by atoms with Gasteiger partial charge in [0.25, 0.3) is 5.69 Å². The minimum Gasteiger partial charge on any atom is -0.350 e. The number of carbonyl (C=O) groups excluding carboxylic acids is 1. The van der Waals surface area contributed by atoms with Crippen molar-refractivity contribution in [2.24, 2.45) is 0 Å². The largest absolute Gasteiger partial charge is 0.350 e. The summed E-state index contributed by atoms with van der Waals surface area (Å²) in [6.07, 6.45) is 5.78. The summed E-state index contributed by atoms with van der Waals surface area (Å²) in [5.41, 5.74) is 2.69. The van der Waals surface area contributed by atoms with Crippen molar-refractivity contribution in [2.45, 2.75) is 26.3 Å². The predicted octanol–water partition coefficient (Wildman–Crippen LogP) is 4.38. The molecule has 3 aromatic rings. The molecule has 0 saturated carbocycles. The lowest BCUT2D eigenvalue weighted by Gasteiger charge is -2.08. The zero-order chi connectivity index (χ0) is 20.8. The summed E-state index contributed by atoms with van der Waals surface area (Å²) in [5, 5.41) is 18.7. The minimum absolute atomic E-state index is 0.0128. The van der Waals surface area contributed by atoms with Crippen molar-refractivity contribution in [2.75, 3.05) is 0 Å². The second-order valence-corrected chi connectivity index (χ2v) is 6.67. The molecule has 7 nitrogen and oxygen atoms in total. The lowest BCUT2D eigenvalue weighted by Crippen LogP contribution is -2.30. The van der Waals surface area contributed by atoms with Crippen LogP contribution < -0.4 is 5.32 Å². The summed E-state index contributed by atoms with van der Waals surface area (Å²) in [6, 6.07) is 15.9. The van der Waals surface area contributed by atoms with Crippen LogP contribution in [0.3, 0.4) is 0 Å². The Morgan fingerprint density at radius 3 is 2.69 bits per heavy atom. The molecule has 0 spiro atoms. The maximum absolute atomic E-state index is 12.1. The lowest BCUT2D eigenvalue weighted by molar-refractivity contribution is -0.384. The maximum Gasteiger partial charge on any atom is 0.270 e. The third kappa shape index (κ3) is 4.95. The number of aromatic nitrogens is 2. The number of non-ortho nitro benzene ring substituents is 1. The van der Waals surface area contributed by atoms with E-state index in [0.29, 0.717) is 16.8 Å². The summed E-state index contributed by atoms with van der Waals surface area (Å²) < 4.78 is 1.69. The van der Waals surface area contributed by atoms with E-state index >= 15 is 0 Å². The van der Waals surface area contributed by atoms with Gasteiger partial charge in [-0.2, -0.15) is 5.10 Å². The van der Waals surface area contributed by atoms with Gasteiger partial charge in [0.15, 0.2) is 0 Å². The molecular formula is C22H22N4O3. The van der Waals surface area contributed by atoms with Crippen LogP contribution in [0.5, 0.6) is 0 Å². The number of amides is 1. The van der Waals surface area contributed by atoms with Gasteiger partial charge in [-0.1, -0.05) is 37.3 Å². The SMILES string of the molecule is CCC(C)NC(=O)C=Cc1cn(-c2ccccc2)nc1-c1cccc([N+](=O)[O-])c1. The van der Waals surface area contributed by atoms with Crippen LogP contribution in [-0.2, 0) is 4.79 Å². The quantitative estimate of drug-likeness (QED) is 0.368. The highest BCUT2D eigenvalue weighted by molar-refractivity contribution is 5.93. The van der Waals surface area contributed by atoms with Gasteiger partial charge in [0.05, 0.1) is 10.6 Å². The summed E-state index contributed by atoms with van der Waals surface area (Å²) in [4.78, 5) is 22.9. The molecule has 3 rings (SSSR count). The molecule has 29 heavy (non-hydrogen) atoms. The Kier molecular flexibility index (Phi) is 6.19. The standard InChI is InChI=1S/C22H22N4O3/c1-3-16(2)23-21(27)13-12-18-15-25(19-9-5-4-6-10-19)24-22(18)17-8-7-11-20(14-17)26(28)29/h4-16H,3H2,1-2H3,(H,23,27). The predicted molar refractivity (Wildman–Crippen MR) is 113 cm³/mol. The van der Waals surface area contributed by atoms with Crippen LogP contribution in [-0.4, -0.2) is 26.7 Å². The highest BCUT2D eigenvalue weighted by Crippen LogP contribution is 2.27. The molecule has 1 heterocycles. The fraction of sp³-hybridized carbons (Fsp3) is 0.182. The van der Waals surface area contributed by atoms with Crippen molar-refractivity contribution in [3.63, 3.8) is 0 Å². The smallest absolute Gasteiger partial charge is 0.270 e. The van der Waals surface area contributed by atoms with Gasteiger partial charge in [0.1, 0.15) is 5.69 Å². The summed E-state index contributed by atoms with van der Waals surface area (Å²) in [5.74, 6) is -0.197. The van der Waals surface area contributed by atoms with Gasteiger partial charge in [-0.3, -0.25) is 14.9 Å². The Morgan fingerprint density at radius 2 is 2.00 bits per heavy atom. The average molecular weight is 390 g/mol. The Balaban J connectivity index is 2.02. The molecule has 0 radical (unpaired) electrons. The van der Waals surface area contributed by atoms with E-state index in [2.05, 4.69) is 10.4 Å². The van der Waals surface area contributed by atoms with Crippen molar-refractivity contribution in [3.05, 3.63) is 82.5 Å². The summed E-state index contributed by atoms with van der Waals surface area (Å²) >= 11 is 0. The molecule has 1 amide bonds. The number of hydrogen-bond donors (Lipinski definition) is 1. The van der Waals surface area contributed by atoms with Crippen molar-refractivity contribution < 1.29 is 9.72 Å². The third-order valence-corrected chi connectivity index (χ3v) is 4.51. The summed E-state index contributed by atoms with van der Waals surface area (Å²) in [7, 11) is 0. The monoisotopic (exact) mass is 390 g/mol. The van der Waals surface area contributed by atoms with E-state index in [1.807, 2.05) is 44.2 Å². The highest BCUT2D eigenvalue weighted by Gasteiger charge is 2.14. The van der Waals surface area contributed by atoms with Gasteiger partial charge in [0.2, 0.25) is 5.91 Å². The molecule has 0 aliphatic rings. The molecular weight excluding hydrogens is 368 g/mol. The van der Waals surface area contributed by atoms with E-state index < -0.39 is 4.92 Å². The van der Waals surface area contributed by atoms with Gasteiger partial charge in [-0.25, -0.2) is 4.68 Å². The molecule has 0 bridgehead atoms. The Hall–Kier alpha value is -3.74. The van der Waals surface area contributed by atoms with E-state index in [4.69, 9.17) is 0 Å². The van der Waals surface area contributed by atoms with Crippen LogP contribution in [0.1, 0.15) is 25.8 Å². The number of nitro benzene ring substituents is 1. The number of nitrogens with zero attached hydrogens (tertiary/aromatic N) is 3. The van der Waals surface area contributed by atoms with Crippen molar-refractivity contribution in [1.29, 1.82) is 0 Å². The number of hydrogen-bond acceptors (Lipinski definition) is 4. The highest BCUT2D eigenvalue weighted by atomic mass is 16.6. The van der Waals surface area contributed by atoms with Crippen LogP contribution in [0, 0.1) is 10.1 Å². The minimum atomic E-state index is -0.438. The zero-order valence-electron chi connectivity index (χ0n) is 16.3. The molecule has 2 aromatic carbocycles. The van der Waals surface area contributed by atoms with Crippen LogP contribution in [0.2, 0.25) is 0 Å². The third-order valence-electron chi connectivity index (χ3n) is 4.51. The molecule has 1 unspecified atom stereocenters. The topological polar surface area (TPSA) is 90.1 Å². The second kappa shape index (κ2) is 8.97. The number of nitrogens with one attached hydrogen (secondary N) is 1. The molecule has 0 fully saturated rings. The van der Waals surface area contributed by atoms with E-state index in [0.717, 1.165) is 12.1 Å². The fourth-order valence-electron chi connectivity index (χ4n) is 2.77. The van der Waals surface area contributed by atoms with Gasteiger partial charge < -0.3 is 5.32 Å². The van der Waals surface area contributed by atoms with Gasteiger partial charge in [-0.05, 0) is 31.6 Å². The Morgan fingerprint density at radius 1 is 1.24 bits per heavy atom. The molecule has 0 aliphatic carbocycles. The molecule has 0 saturated heterocycles. The number of nitro groups is 1. The number of carbonyl (C=O) groups is 1. The first-order chi connectivity index (χ1) is 14.0. The number of benzene rings is 2. The van der Waals surface area contributed by atoms with E-state index in [1.165, 1.54) is 18.2 Å². The first-order valence-electron chi connectivity index (χ1n) is 9.36. The maximum atomic E-state index is 12.1. The van der Waals surface area contributed by atoms with Crippen LogP contribution in [0.4, 0.5) is 5.69 Å². The van der Waals surface area contributed by atoms with Crippen molar-refractivity contribution in [1.82, 2.24) is 15.1 Å². The van der Waals surface area contributed by atoms with E-state index in [9.17, 15) is 14.9 Å². The zero-order valence-corrected chi connectivity index (χ0v) is 16.3. The lowest BCUT2D eigenvalue weighted by atomic mass is 10.1. The molecule has 1 aromatic heterocycles. The molecule has 1 atom stereocenters. The molecule has 148 valence electrons. The van der Waals surface area contributed by atoms with Crippen molar-refractivity contribution >= 4 is 17.7 Å². The molecule has 1 N–H and O–H groups in total. The number of para-hydroxylation sites is 1. The average Bonchev–Trinajstić information content (AvgIpc) is 3.17. The van der Waals surface area contributed by atoms with E-state index in [1.54, 1.807) is 29.1 Å². The molecule has 0 aliphatic heterocycles. The van der Waals surface area contributed by atoms with Crippen LogP contribution in [0.25, 0.3) is 23.0 Å². The van der Waals surface area contributed by atoms with E-state index in [-0.39, 0.29) is 17.6 Å². The summed E-state index contributed by atoms with van der Waals surface area (Å²) in [6.45, 7) is 3.94. The van der Waals surface area contributed by atoms with Gasteiger partial charge >= 0.3 is 0 Å². The van der Waals surface area contributed by atoms with Crippen LogP contribution >= 0.6 is 0 Å². The fourth-order valence-corrected chi connectivity index (χ4v) is 2.77. The Labute approximate surface area is 168 Å². The normalized spacial score (nSPS) is 12.1. The first kappa shape index (κ1) is 20.0. The first-order valence-corrected chi connectivity index (χ1v) is 9.36. The van der Waals surface area contributed by atoms with Crippen molar-refractivity contribution in [3.8, 4) is 16.9 Å². The number of rotatable bonds is 7. The second-order valence-electron chi connectivity index (χ2n) is 6.67. The van der Waals surface area contributed by atoms with Crippen LogP contribution in [0.15, 0.2) is 66.9 Å². The molecule has 7 heteroatoms. The van der Waals surface area contributed by atoms with Gasteiger partial charge in [0, 0.05) is 41.6 Å².